The van der Waals surface area contributed by atoms with Crippen LogP contribution in [-0.2, 0) is 7.05 Å². The molecule has 2 aromatic rings. The fourth-order valence-electron chi connectivity index (χ4n) is 2.98. The van der Waals surface area contributed by atoms with E-state index in [1.54, 1.807) is 0 Å². The first kappa shape index (κ1) is 18.2. The van der Waals surface area contributed by atoms with Gasteiger partial charge in [0.25, 0.3) is 12.3 Å². The fraction of sp³-hybridized carbons (Fsp3) is 0.412. The summed E-state index contributed by atoms with van der Waals surface area (Å²) in [6.45, 7) is 1.84. The number of nitrogens with zero attached hydrogens (tertiary/aromatic N) is 3. The van der Waals surface area contributed by atoms with Gasteiger partial charge in [-0.2, -0.15) is 9.49 Å². The molecule has 134 valence electrons. The van der Waals surface area contributed by atoms with Crippen molar-refractivity contribution in [2.75, 3.05) is 0 Å². The molecule has 1 fully saturated rings. The van der Waals surface area contributed by atoms with Crippen molar-refractivity contribution < 1.29 is 18.0 Å². The lowest BCUT2D eigenvalue weighted by Crippen LogP contribution is -2.36. The number of hydrogen-bond acceptors (Lipinski definition) is 2. The molecule has 1 aromatic carbocycles. The summed E-state index contributed by atoms with van der Waals surface area (Å²) >= 11 is 2.17. The van der Waals surface area contributed by atoms with Crippen molar-refractivity contribution in [1.29, 1.82) is 0 Å². The first-order valence-electron chi connectivity index (χ1n) is 7.90. The number of benzene rings is 1. The molecule has 0 saturated heterocycles. The second kappa shape index (κ2) is 6.97. The molecule has 8 heteroatoms. The van der Waals surface area contributed by atoms with Crippen molar-refractivity contribution in [1.82, 2.24) is 14.7 Å². The minimum absolute atomic E-state index is 0.0661. The number of aromatic nitrogens is 2. The molecule has 4 nitrogen and oxygen atoms in total. The van der Waals surface area contributed by atoms with Crippen LogP contribution >= 0.6 is 22.6 Å². The number of rotatable bonds is 5. The van der Waals surface area contributed by atoms with Crippen molar-refractivity contribution in [2.45, 2.75) is 38.3 Å². The zero-order valence-electron chi connectivity index (χ0n) is 13.7. The van der Waals surface area contributed by atoms with Gasteiger partial charge in [-0.3, -0.25) is 4.79 Å². The first-order chi connectivity index (χ1) is 11.8. The summed E-state index contributed by atoms with van der Waals surface area (Å²) in [4.78, 5) is 14.5. The molecule has 1 aromatic heterocycles. The van der Waals surface area contributed by atoms with Crippen LogP contribution in [0.2, 0.25) is 0 Å². The molecule has 1 amide bonds. The van der Waals surface area contributed by atoms with Gasteiger partial charge in [0.05, 0.1) is 6.04 Å². The van der Waals surface area contributed by atoms with E-state index in [-0.39, 0.29) is 12.1 Å². The average Bonchev–Trinajstić information content (AvgIpc) is 3.34. The zero-order valence-corrected chi connectivity index (χ0v) is 15.9. The summed E-state index contributed by atoms with van der Waals surface area (Å²) in [7, 11) is 1.21. The highest BCUT2D eigenvalue weighted by atomic mass is 127. The van der Waals surface area contributed by atoms with E-state index in [2.05, 4.69) is 27.7 Å². The van der Waals surface area contributed by atoms with Gasteiger partial charge in [-0.15, -0.1) is 0 Å². The summed E-state index contributed by atoms with van der Waals surface area (Å²) in [6, 6.07) is 7.14. The van der Waals surface area contributed by atoms with Gasteiger partial charge in [0.15, 0.2) is 0 Å². The Morgan fingerprint density at radius 1 is 1.36 bits per heavy atom. The van der Waals surface area contributed by atoms with Crippen molar-refractivity contribution in [3.8, 4) is 0 Å². The molecule has 1 saturated carbocycles. The highest BCUT2D eigenvalue weighted by molar-refractivity contribution is 14.1. The van der Waals surface area contributed by atoms with Crippen molar-refractivity contribution >= 4 is 28.5 Å². The van der Waals surface area contributed by atoms with Gasteiger partial charge in [-0.1, -0.05) is 18.2 Å². The quantitative estimate of drug-likeness (QED) is 0.615. The predicted molar refractivity (Wildman–Crippen MR) is 94.9 cm³/mol. The molecule has 0 radical (unpaired) electrons. The van der Waals surface area contributed by atoms with Crippen LogP contribution in [0.15, 0.2) is 24.3 Å². The molecule has 0 spiro atoms. The van der Waals surface area contributed by atoms with E-state index in [9.17, 15) is 18.0 Å². The lowest BCUT2D eigenvalue weighted by Gasteiger charge is -2.30. The van der Waals surface area contributed by atoms with Gasteiger partial charge < -0.3 is 4.90 Å². The van der Waals surface area contributed by atoms with E-state index in [1.807, 2.05) is 31.2 Å². The minimum Gasteiger partial charge on any atom is -0.329 e. The molecule has 1 heterocycles. The van der Waals surface area contributed by atoms with Crippen LogP contribution in [-0.4, -0.2) is 26.6 Å². The lowest BCUT2D eigenvalue weighted by molar-refractivity contribution is 0.0656. The summed E-state index contributed by atoms with van der Waals surface area (Å²) in [5, 5.41) is 3.49. The molecular weight excluding hydrogens is 446 g/mol. The summed E-state index contributed by atoms with van der Waals surface area (Å²) < 4.78 is 42.5. The van der Waals surface area contributed by atoms with Gasteiger partial charge in [0, 0.05) is 16.7 Å². The Morgan fingerprint density at radius 3 is 2.56 bits per heavy atom. The maximum absolute atomic E-state index is 14.3. The number of hydrogen-bond donors (Lipinski definition) is 0. The summed E-state index contributed by atoms with van der Waals surface area (Å²) in [5.41, 5.74) is -0.515. The van der Waals surface area contributed by atoms with Gasteiger partial charge in [-0.25, -0.2) is 13.5 Å². The Kier molecular flexibility index (Phi) is 5.08. The van der Waals surface area contributed by atoms with Crippen LogP contribution in [0.5, 0.6) is 0 Å². The Bertz CT molecular complexity index is 804. The number of halogens is 4. The standard InChI is InChI=1S/C17H17F3IN3O/c1-9(11-5-3-4-6-12(11)21)24(10-7-8-10)17(25)13-14(15(18)19)22-23(2)16(13)20/h3-6,9-10,15H,7-8H2,1-2H3. The summed E-state index contributed by atoms with van der Waals surface area (Å²) in [6.07, 6.45) is -1.44. The predicted octanol–water partition coefficient (Wildman–Crippen LogP) is 4.47. The largest absolute Gasteiger partial charge is 0.329 e. The molecule has 0 N–H and O–H groups in total. The topological polar surface area (TPSA) is 38.1 Å². The van der Waals surface area contributed by atoms with Crippen LogP contribution < -0.4 is 0 Å². The number of carbonyl (C=O) groups excluding carboxylic acids is 1. The van der Waals surface area contributed by atoms with Crippen molar-refractivity contribution in [2.24, 2.45) is 7.05 Å². The van der Waals surface area contributed by atoms with Gasteiger partial charge in [-0.05, 0) is 54.0 Å². The second-order valence-electron chi connectivity index (χ2n) is 6.12. The molecule has 1 unspecified atom stereocenters. The minimum atomic E-state index is -3.01. The fourth-order valence-corrected chi connectivity index (χ4v) is 3.82. The monoisotopic (exact) mass is 463 g/mol. The molecule has 0 aliphatic heterocycles. The number of alkyl halides is 2. The maximum atomic E-state index is 14.3. The van der Waals surface area contributed by atoms with Crippen LogP contribution in [0.4, 0.5) is 13.2 Å². The van der Waals surface area contributed by atoms with E-state index in [1.165, 1.54) is 11.9 Å². The Labute approximate surface area is 157 Å². The van der Waals surface area contributed by atoms with E-state index >= 15 is 0 Å². The number of carbonyl (C=O) groups is 1. The Hall–Kier alpha value is -1.58. The van der Waals surface area contributed by atoms with Crippen LogP contribution in [0.3, 0.4) is 0 Å². The third-order valence-electron chi connectivity index (χ3n) is 4.37. The first-order valence-corrected chi connectivity index (χ1v) is 8.98. The molecule has 3 rings (SSSR count). The van der Waals surface area contributed by atoms with E-state index in [4.69, 9.17) is 0 Å². The normalized spacial score (nSPS) is 15.5. The second-order valence-corrected chi connectivity index (χ2v) is 7.28. The average molecular weight is 463 g/mol. The third-order valence-corrected chi connectivity index (χ3v) is 5.35. The molecule has 0 bridgehead atoms. The Morgan fingerprint density at radius 2 is 2.00 bits per heavy atom. The van der Waals surface area contributed by atoms with Crippen molar-refractivity contribution in [3.63, 3.8) is 0 Å². The van der Waals surface area contributed by atoms with Gasteiger partial charge >= 0.3 is 0 Å². The lowest BCUT2D eigenvalue weighted by atomic mass is 10.1. The van der Waals surface area contributed by atoms with Gasteiger partial charge in [0.2, 0.25) is 5.95 Å². The highest BCUT2D eigenvalue weighted by Gasteiger charge is 2.41. The highest BCUT2D eigenvalue weighted by Crippen LogP contribution is 2.38. The number of amides is 1. The van der Waals surface area contributed by atoms with Crippen LogP contribution in [0, 0.1) is 9.52 Å². The molecule has 1 aliphatic carbocycles. The molecule has 25 heavy (non-hydrogen) atoms. The van der Waals surface area contributed by atoms with E-state index < -0.39 is 29.5 Å². The smallest absolute Gasteiger partial charge is 0.283 e. The molecule has 1 aliphatic rings. The molecule has 1 atom stereocenters. The van der Waals surface area contributed by atoms with E-state index in [0.29, 0.717) is 4.68 Å². The zero-order chi connectivity index (χ0) is 18.3. The number of aryl methyl sites for hydroxylation is 1. The maximum Gasteiger partial charge on any atom is 0.283 e. The third kappa shape index (κ3) is 3.40. The summed E-state index contributed by atoms with van der Waals surface area (Å²) in [5.74, 6) is -1.75. The Balaban J connectivity index is 2.03. The van der Waals surface area contributed by atoms with Crippen molar-refractivity contribution in [3.05, 3.63) is 50.6 Å². The molecular formula is C17H17F3IN3O. The van der Waals surface area contributed by atoms with Crippen LogP contribution in [0.25, 0.3) is 0 Å². The van der Waals surface area contributed by atoms with Gasteiger partial charge in [0.1, 0.15) is 11.3 Å². The SMILES string of the molecule is CC(c1ccccc1I)N(C(=O)c1c(C(F)F)nn(C)c1F)C1CC1. The van der Waals surface area contributed by atoms with E-state index in [0.717, 1.165) is 22.0 Å². The van der Waals surface area contributed by atoms with Crippen LogP contribution in [0.1, 0.15) is 53.8 Å².